The number of nitrogens with zero attached hydrogens (tertiary/aromatic N) is 3. The number of guanidine groups is 1. The highest BCUT2D eigenvalue weighted by Crippen LogP contribution is 2.33. The lowest BCUT2D eigenvalue weighted by Crippen LogP contribution is -2.44. The average molecular weight is 372 g/mol. The van der Waals surface area contributed by atoms with Crippen LogP contribution in [0.4, 0.5) is 0 Å². The van der Waals surface area contributed by atoms with Crippen molar-refractivity contribution in [2.45, 2.75) is 33.2 Å². The third-order valence-corrected chi connectivity index (χ3v) is 5.07. The smallest absolute Gasteiger partial charge is 0.193 e. The summed E-state index contributed by atoms with van der Waals surface area (Å²) in [6.45, 7) is 6.41. The molecular formula is C20H28N4O3. The largest absolute Gasteiger partial charge is 0.493 e. The molecule has 27 heavy (non-hydrogen) atoms. The monoisotopic (exact) mass is 372 g/mol. The van der Waals surface area contributed by atoms with Gasteiger partial charge in [0.1, 0.15) is 5.76 Å². The van der Waals surface area contributed by atoms with Crippen molar-refractivity contribution in [3.63, 3.8) is 0 Å². The van der Waals surface area contributed by atoms with Gasteiger partial charge in [-0.25, -0.2) is 0 Å². The van der Waals surface area contributed by atoms with E-state index in [9.17, 15) is 0 Å². The quantitative estimate of drug-likeness (QED) is 0.642. The average Bonchev–Trinajstić information content (AvgIpc) is 3.01. The first-order valence-corrected chi connectivity index (χ1v) is 9.18. The van der Waals surface area contributed by atoms with Gasteiger partial charge in [-0.2, -0.15) is 0 Å². The van der Waals surface area contributed by atoms with Crippen LogP contribution in [0.25, 0.3) is 0 Å². The van der Waals surface area contributed by atoms with Crippen molar-refractivity contribution in [2.75, 3.05) is 34.4 Å². The first kappa shape index (κ1) is 19.1. The van der Waals surface area contributed by atoms with Crippen LogP contribution in [0.5, 0.6) is 11.5 Å². The molecule has 2 aromatic rings. The van der Waals surface area contributed by atoms with Gasteiger partial charge in [-0.1, -0.05) is 5.16 Å². The molecule has 1 N–H and O–H groups in total. The summed E-state index contributed by atoms with van der Waals surface area (Å²) in [6.07, 6.45) is 1.80. The van der Waals surface area contributed by atoms with Gasteiger partial charge in [0.25, 0.3) is 0 Å². The standard InChI is InChI=1S/C20H28N4O3/c1-13-17(14(2)27-23-13)6-8-22-20(21-3)24-9-7-15-10-18(25-4)19(26-5)11-16(15)12-24/h10-11H,6-9,12H2,1-5H3,(H,21,22). The summed E-state index contributed by atoms with van der Waals surface area (Å²) in [7, 11) is 5.16. The molecule has 0 fully saturated rings. The van der Waals surface area contributed by atoms with Crippen molar-refractivity contribution >= 4 is 5.96 Å². The Labute approximate surface area is 160 Å². The summed E-state index contributed by atoms with van der Waals surface area (Å²) < 4.78 is 16.1. The molecule has 1 aliphatic heterocycles. The first-order valence-electron chi connectivity index (χ1n) is 9.18. The van der Waals surface area contributed by atoms with Gasteiger partial charge in [-0.3, -0.25) is 4.99 Å². The van der Waals surface area contributed by atoms with E-state index in [1.54, 1.807) is 14.2 Å². The fourth-order valence-electron chi connectivity index (χ4n) is 3.55. The van der Waals surface area contributed by atoms with Gasteiger partial charge in [-0.05, 0) is 49.9 Å². The highest BCUT2D eigenvalue weighted by Gasteiger charge is 2.21. The molecule has 0 spiro atoms. The summed E-state index contributed by atoms with van der Waals surface area (Å²) in [5.74, 6) is 3.34. The maximum absolute atomic E-state index is 5.45. The second kappa shape index (κ2) is 8.33. The number of benzene rings is 1. The van der Waals surface area contributed by atoms with Crippen LogP contribution in [0.2, 0.25) is 0 Å². The number of hydrogen-bond donors (Lipinski definition) is 1. The van der Waals surface area contributed by atoms with Crippen LogP contribution < -0.4 is 14.8 Å². The van der Waals surface area contributed by atoms with Crippen molar-refractivity contribution in [1.82, 2.24) is 15.4 Å². The van der Waals surface area contributed by atoms with Crippen LogP contribution in [-0.2, 0) is 19.4 Å². The maximum atomic E-state index is 5.45. The molecule has 0 saturated heterocycles. The van der Waals surface area contributed by atoms with Crippen LogP contribution in [0, 0.1) is 13.8 Å². The van der Waals surface area contributed by atoms with Crippen molar-refractivity contribution in [3.05, 3.63) is 40.3 Å². The van der Waals surface area contributed by atoms with Crippen molar-refractivity contribution in [1.29, 1.82) is 0 Å². The van der Waals surface area contributed by atoms with E-state index in [2.05, 4.69) is 32.5 Å². The number of aromatic nitrogens is 1. The summed E-state index contributed by atoms with van der Waals surface area (Å²) in [5, 5.41) is 7.48. The lowest BCUT2D eigenvalue weighted by molar-refractivity contribution is 0.346. The second-order valence-corrected chi connectivity index (χ2v) is 6.67. The fraction of sp³-hybridized carbons (Fsp3) is 0.500. The Morgan fingerprint density at radius 2 is 1.93 bits per heavy atom. The molecule has 0 amide bonds. The van der Waals surface area contributed by atoms with Crippen molar-refractivity contribution < 1.29 is 14.0 Å². The van der Waals surface area contributed by atoms with E-state index in [4.69, 9.17) is 14.0 Å². The van der Waals surface area contributed by atoms with E-state index in [1.165, 1.54) is 16.7 Å². The number of methoxy groups -OCH3 is 2. The molecule has 146 valence electrons. The van der Waals surface area contributed by atoms with Gasteiger partial charge < -0.3 is 24.2 Å². The minimum absolute atomic E-state index is 0.763. The lowest BCUT2D eigenvalue weighted by Gasteiger charge is -2.32. The molecule has 0 unspecified atom stereocenters. The Hall–Kier alpha value is -2.70. The fourth-order valence-corrected chi connectivity index (χ4v) is 3.55. The molecule has 0 radical (unpaired) electrons. The predicted octanol–water partition coefficient (Wildman–Crippen LogP) is 2.48. The molecule has 7 nitrogen and oxygen atoms in total. The molecule has 1 aromatic carbocycles. The molecule has 0 saturated carbocycles. The molecule has 7 heteroatoms. The van der Waals surface area contributed by atoms with E-state index >= 15 is 0 Å². The Morgan fingerprint density at radius 3 is 2.52 bits per heavy atom. The Kier molecular flexibility index (Phi) is 5.88. The molecule has 0 atom stereocenters. The number of aryl methyl sites for hydroxylation is 2. The molecule has 0 aliphatic carbocycles. The van der Waals surface area contributed by atoms with E-state index in [0.717, 1.165) is 61.4 Å². The molecular weight excluding hydrogens is 344 g/mol. The number of hydrogen-bond acceptors (Lipinski definition) is 5. The number of rotatable bonds is 5. The van der Waals surface area contributed by atoms with Crippen molar-refractivity contribution in [2.24, 2.45) is 4.99 Å². The zero-order valence-electron chi connectivity index (χ0n) is 16.8. The molecule has 2 heterocycles. The molecule has 0 bridgehead atoms. The molecule has 1 aliphatic rings. The van der Waals surface area contributed by atoms with Crippen LogP contribution in [0.1, 0.15) is 28.1 Å². The zero-order chi connectivity index (χ0) is 19.4. The van der Waals surface area contributed by atoms with E-state index in [-0.39, 0.29) is 0 Å². The number of fused-ring (bicyclic) bond motifs is 1. The maximum Gasteiger partial charge on any atom is 0.193 e. The van der Waals surface area contributed by atoms with E-state index in [1.807, 2.05) is 20.9 Å². The highest BCUT2D eigenvalue weighted by atomic mass is 16.5. The number of ether oxygens (including phenoxy) is 2. The van der Waals surface area contributed by atoms with Crippen LogP contribution in [-0.4, -0.2) is 50.4 Å². The van der Waals surface area contributed by atoms with Crippen LogP contribution in [0.15, 0.2) is 21.6 Å². The topological polar surface area (TPSA) is 72.1 Å². The Bertz CT molecular complexity index is 809. The minimum Gasteiger partial charge on any atom is -0.493 e. The van der Waals surface area contributed by atoms with Gasteiger partial charge in [0.15, 0.2) is 17.5 Å². The summed E-state index contributed by atoms with van der Waals surface area (Å²) in [5.41, 5.74) is 4.67. The third-order valence-electron chi connectivity index (χ3n) is 5.07. The number of aliphatic imine (C=N–C) groups is 1. The van der Waals surface area contributed by atoms with Gasteiger partial charge in [0.2, 0.25) is 0 Å². The molecule has 1 aromatic heterocycles. The summed E-state index contributed by atoms with van der Waals surface area (Å²) >= 11 is 0. The summed E-state index contributed by atoms with van der Waals surface area (Å²) in [6, 6.07) is 4.15. The summed E-state index contributed by atoms with van der Waals surface area (Å²) in [4.78, 5) is 6.73. The number of nitrogens with one attached hydrogen (secondary N) is 1. The lowest BCUT2D eigenvalue weighted by atomic mass is 9.99. The Balaban J connectivity index is 1.66. The minimum atomic E-state index is 0.763. The predicted molar refractivity (Wildman–Crippen MR) is 105 cm³/mol. The first-order chi connectivity index (χ1) is 13.1. The second-order valence-electron chi connectivity index (χ2n) is 6.67. The van der Waals surface area contributed by atoms with Gasteiger partial charge in [-0.15, -0.1) is 0 Å². The SMILES string of the molecule is CN=C(NCCc1c(C)noc1C)N1CCc2cc(OC)c(OC)cc2C1. The van der Waals surface area contributed by atoms with Gasteiger partial charge >= 0.3 is 0 Å². The zero-order valence-corrected chi connectivity index (χ0v) is 16.8. The normalized spacial score (nSPS) is 14.1. The van der Waals surface area contributed by atoms with E-state index in [0.29, 0.717) is 0 Å². The van der Waals surface area contributed by atoms with Gasteiger partial charge in [0, 0.05) is 32.2 Å². The van der Waals surface area contributed by atoms with Gasteiger partial charge in [0.05, 0.1) is 19.9 Å². The van der Waals surface area contributed by atoms with Crippen LogP contribution >= 0.6 is 0 Å². The highest BCUT2D eigenvalue weighted by molar-refractivity contribution is 5.80. The third kappa shape index (κ3) is 4.02. The van der Waals surface area contributed by atoms with Crippen LogP contribution in [0.3, 0.4) is 0 Å². The molecule has 3 rings (SSSR count). The van der Waals surface area contributed by atoms with E-state index < -0.39 is 0 Å². The van der Waals surface area contributed by atoms with Crippen molar-refractivity contribution in [3.8, 4) is 11.5 Å². The Morgan fingerprint density at radius 1 is 1.22 bits per heavy atom.